The van der Waals surface area contributed by atoms with Gasteiger partial charge in [-0.05, 0) is 18.7 Å². The standard InChI is InChI=1S/C13H17F3N2O/c1-17-6-7-18(2)12(19)9-10-4-3-5-11(8-10)13(14,15)16/h3-5,8,17H,6-7,9H2,1-2H3. The lowest BCUT2D eigenvalue weighted by Gasteiger charge is -2.17. The third kappa shape index (κ3) is 4.90. The Labute approximate surface area is 110 Å². The molecule has 0 saturated carbocycles. The molecule has 0 aromatic heterocycles. The largest absolute Gasteiger partial charge is 0.416 e. The predicted octanol–water partition coefficient (Wildman–Crippen LogP) is 1.93. The number of nitrogens with zero attached hydrogens (tertiary/aromatic N) is 1. The first kappa shape index (κ1) is 15.5. The number of benzene rings is 1. The first-order valence-corrected chi connectivity index (χ1v) is 5.89. The third-order valence-electron chi connectivity index (χ3n) is 2.73. The number of amides is 1. The molecule has 0 aliphatic rings. The number of hydrogen-bond donors (Lipinski definition) is 1. The minimum Gasteiger partial charge on any atom is -0.344 e. The molecule has 1 N–H and O–H groups in total. The minimum absolute atomic E-state index is 0.0237. The van der Waals surface area contributed by atoms with Crippen LogP contribution in [0, 0.1) is 0 Å². The SMILES string of the molecule is CNCCN(C)C(=O)Cc1cccc(C(F)(F)F)c1. The van der Waals surface area contributed by atoms with Crippen LogP contribution in [0.4, 0.5) is 13.2 Å². The van der Waals surface area contributed by atoms with Crippen LogP contribution in [0.5, 0.6) is 0 Å². The van der Waals surface area contributed by atoms with Gasteiger partial charge in [0.2, 0.25) is 5.91 Å². The van der Waals surface area contributed by atoms with Crippen molar-refractivity contribution in [2.75, 3.05) is 27.2 Å². The van der Waals surface area contributed by atoms with Crippen LogP contribution >= 0.6 is 0 Å². The van der Waals surface area contributed by atoms with Crippen LogP contribution < -0.4 is 5.32 Å². The Kier molecular flexibility index (Phi) is 5.35. The maximum atomic E-state index is 12.5. The maximum absolute atomic E-state index is 12.5. The van der Waals surface area contributed by atoms with Crippen molar-refractivity contribution in [1.29, 1.82) is 0 Å². The van der Waals surface area contributed by atoms with Crippen LogP contribution in [0.3, 0.4) is 0 Å². The molecule has 1 aromatic rings. The van der Waals surface area contributed by atoms with E-state index in [-0.39, 0.29) is 12.3 Å². The molecule has 0 saturated heterocycles. The van der Waals surface area contributed by atoms with Gasteiger partial charge in [-0.3, -0.25) is 4.79 Å². The molecule has 0 heterocycles. The van der Waals surface area contributed by atoms with Crippen molar-refractivity contribution < 1.29 is 18.0 Å². The quantitative estimate of drug-likeness (QED) is 0.889. The number of carbonyl (C=O) groups is 1. The van der Waals surface area contributed by atoms with Crippen molar-refractivity contribution in [3.8, 4) is 0 Å². The molecule has 0 aliphatic heterocycles. The van der Waals surface area contributed by atoms with Crippen molar-refractivity contribution in [2.24, 2.45) is 0 Å². The monoisotopic (exact) mass is 274 g/mol. The maximum Gasteiger partial charge on any atom is 0.416 e. The lowest BCUT2D eigenvalue weighted by molar-refractivity contribution is -0.137. The van der Waals surface area contributed by atoms with Crippen LogP contribution in [0.15, 0.2) is 24.3 Å². The van der Waals surface area contributed by atoms with E-state index in [1.54, 1.807) is 14.1 Å². The molecule has 0 bridgehead atoms. The summed E-state index contributed by atoms with van der Waals surface area (Å²) in [5.74, 6) is -0.199. The zero-order chi connectivity index (χ0) is 14.5. The zero-order valence-electron chi connectivity index (χ0n) is 10.9. The third-order valence-corrected chi connectivity index (χ3v) is 2.73. The number of likely N-dealkylation sites (N-methyl/N-ethyl adjacent to an activating group) is 2. The average molecular weight is 274 g/mol. The van der Waals surface area contributed by atoms with Gasteiger partial charge in [-0.15, -0.1) is 0 Å². The van der Waals surface area contributed by atoms with Gasteiger partial charge in [-0.25, -0.2) is 0 Å². The Morgan fingerprint density at radius 1 is 1.37 bits per heavy atom. The topological polar surface area (TPSA) is 32.3 Å². The fourth-order valence-electron chi connectivity index (χ4n) is 1.57. The van der Waals surface area contributed by atoms with Crippen molar-refractivity contribution >= 4 is 5.91 Å². The molecule has 0 unspecified atom stereocenters. The molecule has 1 aromatic carbocycles. The van der Waals surface area contributed by atoms with Crippen molar-refractivity contribution in [2.45, 2.75) is 12.6 Å². The van der Waals surface area contributed by atoms with Gasteiger partial charge in [0.1, 0.15) is 0 Å². The van der Waals surface area contributed by atoms with E-state index < -0.39 is 11.7 Å². The Hall–Kier alpha value is -1.56. The molecule has 6 heteroatoms. The fraction of sp³-hybridized carbons (Fsp3) is 0.462. The van der Waals surface area contributed by atoms with Crippen LogP contribution in [0.25, 0.3) is 0 Å². The van der Waals surface area contributed by atoms with Crippen LogP contribution in [0.2, 0.25) is 0 Å². The van der Waals surface area contributed by atoms with Gasteiger partial charge in [0, 0.05) is 20.1 Å². The summed E-state index contributed by atoms with van der Waals surface area (Å²) in [6.07, 6.45) is -4.40. The lowest BCUT2D eigenvalue weighted by Crippen LogP contribution is -2.33. The van der Waals surface area contributed by atoms with Gasteiger partial charge in [0.15, 0.2) is 0 Å². The number of rotatable bonds is 5. The van der Waals surface area contributed by atoms with E-state index in [9.17, 15) is 18.0 Å². The molecule has 106 valence electrons. The smallest absolute Gasteiger partial charge is 0.344 e. The van der Waals surface area contributed by atoms with Crippen LogP contribution in [-0.4, -0.2) is 38.0 Å². The van der Waals surface area contributed by atoms with E-state index in [2.05, 4.69) is 5.32 Å². The first-order chi connectivity index (χ1) is 8.84. The van der Waals surface area contributed by atoms with E-state index in [4.69, 9.17) is 0 Å². The highest BCUT2D eigenvalue weighted by Gasteiger charge is 2.30. The second kappa shape index (κ2) is 6.56. The highest BCUT2D eigenvalue weighted by Crippen LogP contribution is 2.29. The Bertz CT molecular complexity index is 432. The second-order valence-electron chi connectivity index (χ2n) is 4.29. The summed E-state index contributed by atoms with van der Waals surface area (Å²) in [4.78, 5) is 13.3. The molecular formula is C13H17F3N2O. The van der Waals surface area contributed by atoms with Gasteiger partial charge in [0.05, 0.1) is 12.0 Å². The molecule has 0 radical (unpaired) electrons. The fourth-order valence-corrected chi connectivity index (χ4v) is 1.57. The summed E-state index contributed by atoms with van der Waals surface area (Å²) < 4.78 is 37.6. The summed E-state index contributed by atoms with van der Waals surface area (Å²) >= 11 is 0. The highest BCUT2D eigenvalue weighted by molar-refractivity contribution is 5.78. The molecule has 3 nitrogen and oxygen atoms in total. The zero-order valence-corrected chi connectivity index (χ0v) is 10.9. The molecule has 1 rings (SSSR count). The molecule has 1 amide bonds. The summed E-state index contributed by atoms with van der Waals surface area (Å²) in [7, 11) is 3.40. The number of halogens is 3. The van der Waals surface area contributed by atoms with Gasteiger partial charge in [-0.2, -0.15) is 13.2 Å². The summed E-state index contributed by atoms with van der Waals surface area (Å²) in [6, 6.07) is 4.86. The molecule has 0 fully saturated rings. The normalized spacial score (nSPS) is 11.4. The summed E-state index contributed by atoms with van der Waals surface area (Å²) in [5, 5.41) is 2.90. The van der Waals surface area contributed by atoms with Crippen LogP contribution in [-0.2, 0) is 17.4 Å². The molecule has 0 spiro atoms. The molecule has 0 aliphatic carbocycles. The van der Waals surface area contributed by atoms with Gasteiger partial charge in [0.25, 0.3) is 0 Å². The van der Waals surface area contributed by atoms with E-state index in [0.717, 1.165) is 12.1 Å². The number of carbonyl (C=O) groups excluding carboxylic acids is 1. The second-order valence-corrected chi connectivity index (χ2v) is 4.29. The first-order valence-electron chi connectivity index (χ1n) is 5.89. The highest BCUT2D eigenvalue weighted by atomic mass is 19.4. The predicted molar refractivity (Wildman–Crippen MR) is 66.7 cm³/mol. The van der Waals surface area contributed by atoms with Crippen LogP contribution in [0.1, 0.15) is 11.1 Å². The minimum atomic E-state index is -4.38. The van der Waals surface area contributed by atoms with Crippen molar-refractivity contribution in [3.63, 3.8) is 0 Å². The molecule has 0 atom stereocenters. The van der Waals surface area contributed by atoms with Gasteiger partial charge in [-0.1, -0.05) is 18.2 Å². The Morgan fingerprint density at radius 2 is 2.05 bits per heavy atom. The number of hydrogen-bond acceptors (Lipinski definition) is 2. The Balaban J connectivity index is 2.69. The van der Waals surface area contributed by atoms with Gasteiger partial charge >= 0.3 is 6.18 Å². The van der Waals surface area contributed by atoms with Crippen molar-refractivity contribution in [1.82, 2.24) is 10.2 Å². The average Bonchev–Trinajstić information content (AvgIpc) is 2.35. The molecule has 19 heavy (non-hydrogen) atoms. The molecular weight excluding hydrogens is 257 g/mol. The van der Waals surface area contributed by atoms with Gasteiger partial charge < -0.3 is 10.2 Å². The van der Waals surface area contributed by atoms with E-state index in [1.807, 2.05) is 0 Å². The van der Waals surface area contributed by atoms with E-state index in [1.165, 1.54) is 17.0 Å². The van der Waals surface area contributed by atoms with E-state index in [0.29, 0.717) is 18.7 Å². The summed E-state index contributed by atoms with van der Waals surface area (Å²) in [5.41, 5.74) is -0.355. The summed E-state index contributed by atoms with van der Waals surface area (Å²) in [6.45, 7) is 1.17. The van der Waals surface area contributed by atoms with E-state index >= 15 is 0 Å². The lowest BCUT2D eigenvalue weighted by atomic mass is 10.1. The number of alkyl halides is 3. The number of nitrogens with one attached hydrogen (secondary N) is 1. The van der Waals surface area contributed by atoms with Crippen molar-refractivity contribution in [3.05, 3.63) is 35.4 Å². The Morgan fingerprint density at radius 3 is 2.63 bits per heavy atom.